The summed E-state index contributed by atoms with van der Waals surface area (Å²) in [6, 6.07) is -0.789. The largest absolute Gasteiger partial charge is 0.480 e. The Hall–Kier alpha value is -1.10. The molecule has 0 aromatic heterocycles. The van der Waals surface area contributed by atoms with E-state index in [1.807, 2.05) is 0 Å². The Morgan fingerprint density at radius 1 is 1.06 bits per heavy atom. The molecule has 0 saturated carbocycles. The van der Waals surface area contributed by atoms with Gasteiger partial charge in [0.2, 0.25) is 5.91 Å². The molecule has 5 nitrogen and oxygen atoms in total. The van der Waals surface area contributed by atoms with Crippen molar-refractivity contribution in [1.82, 2.24) is 10.2 Å². The van der Waals surface area contributed by atoms with Gasteiger partial charge in [0.15, 0.2) is 0 Å². The Kier molecular flexibility index (Phi) is 4.58. The number of hydrogen-bond acceptors (Lipinski definition) is 3. The molecule has 1 amide bonds. The highest BCUT2D eigenvalue weighted by atomic mass is 16.4. The van der Waals surface area contributed by atoms with Gasteiger partial charge in [0.05, 0.1) is 6.04 Å². The van der Waals surface area contributed by atoms with Crippen molar-refractivity contribution in [2.45, 2.75) is 57.0 Å². The lowest BCUT2D eigenvalue weighted by Gasteiger charge is -2.32. The minimum atomic E-state index is -0.860. The maximum Gasteiger partial charge on any atom is 0.326 e. The number of carboxylic acid groups (broad SMARTS) is 1. The molecule has 18 heavy (non-hydrogen) atoms. The summed E-state index contributed by atoms with van der Waals surface area (Å²) in [4.78, 5) is 25.3. The van der Waals surface area contributed by atoms with Crippen molar-refractivity contribution in [2.75, 3.05) is 13.1 Å². The van der Waals surface area contributed by atoms with Crippen molar-refractivity contribution < 1.29 is 14.7 Å². The summed E-state index contributed by atoms with van der Waals surface area (Å²) in [5, 5.41) is 12.5. The number of carboxylic acids is 1. The number of carbonyl (C=O) groups excluding carboxylic acids is 1. The molecule has 0 aromatic rings. The third-order valence-corrected chi connectivity index (χ3v) is 3.93. The van der Waals surface area contributed by atoms with Crippen molar-refractivity contribution in [2.24, 2.45) is 0 Å². The first-order valence-electron chi connectivity index (χ1n) is 6.97. The summed E-state index contributed by atoms with van der Waals surface area (Å²) >= 11 is 0. The SMILES string of the molecule is O=C(O)C1CCCCCN1C(=O)C1CCCCN1. The summed E-state index contributed by atoms with van der Waals surface area (Å²) in [7, 11) is 0. The third kappa shape index (κ3) is 3.02. The molecule has 0 aromatic carbocycles. The topological polar surface area (TPSA) is 69.6 Å². The minimum Gasteiger partial charge on any atom is -0.480 e. The zero-order chi connectivity index (χ0) is 13.0. The quantitative estimate of drug-likeness (QED) is 0.771. The molecule has 0 radical (unpaired) electrons. The van der Waals surface area contributed by atoms with E-state index in [2.05, 4.69) is 5.32 Å². The Morgan fingerprint density at radius 3 is 2.50 bits per heavy atom. The molecule has 2 unspecified atom stereocenters. The van der Waals surface area contributed by atoms with Gasteiger partial charge in [-0.25, -0.2) is 4.79 Å². The molecule has 2 fully saturated rings. The molecular weight excluding hydrogens is 232 g/mol. The van der Waals surface area contributed by atoms with Crippen LogP contribution in [0.4, 0.5) is 0 Å². The number of nitrogens with one attached hydrogen (secondary N) is 1. The van der Waals surface area contributed by atoms with E-state index in [1.165, 1.54) is 0 Å². The standard InChI is InChI=1S/C13H22N2O3/c16-12(10-6-3-4-8-14-10)15-9-5-1-2-7-11(15)13(17)18/h10-11,14H,1-9H2,(H,17,18). The molecule has 2 aliphatic heterocycles. The van der Waals surface area contributed by atoms with Gasteiger partial charge in [-0.1, -0.05) is 19.3 Å². The molecule has 0 spiro atoms. The predicted molar refractivity (Wildman–Crippen MR) is 67.2 cm³/mol. The lowest BCUT2D eigenvalue weighted by Crippen LogP contribution is -2.53. The molecule has 0 aliphatic carbocycles. The first-order valence-corrected chi connectivity index (χ1v) is 6.97. The fourth-order valence-corrected chi connectivity index (χ4v) is 2.89. The monoisotopic (exact) mass is 254 g/mol. The Balaban J connectivity index is 2.06. The van der Waals surface area contributed by atoms with Crippen LogP contribution in [0.15, 0.2) is 0 Å². The van der Waals surface area contributed by atoms with Crippen LogP contribution in [0.2, 0.25) is 0 Å². The van der Waals surface area contributed by atoms with Crippen LogP contribution in [-0.4, -0.2) is 47.1 Å². The van der Waals surface area contributed by atoms with Gasteiger partial charge in [-0.2, -0.15) is 0 Å². The summed E-state index contributed by atoms with van der Waals surface area (Å²) in [5.74, 6) is -0.870. The summed E-state index contributed by atoms with van der Waals surface area (Å²) < 4.78 is 0. The Morgan fingerprint density at radius 2 is 1.83 bits per heavy atom. The van der Waals surface area contributed by atoms with Crippen molar-refractivity contribution in [3.05, 3.63) is 0 Å². The highest BCUT2D eigenvalue weighted by Crippen LogP contribution is 2.20. The highest BCUT2D eigenvalue weighted by molar-refractivity contribution is 5.87. The van der Waals surface area contributed by atoms with E-state index in [-0.39, 0.29) is 11.9 Å². The van der Waals surface area contributed by atoms with Crippen LogP contribution in [-0.2, 0) is 9.59 Å². The second-order valence-corrected chi connectivity index (χ2v) is 5.24. The maximum absolute atomic E-state index is 12.4. The third-order valence-electron chi connectivity index (χ3n) is 3.93. The van der Waals surface area contributed by atoms with Gasteiger partial charge < -0.3 is 15.3 Å². The fraction of sp³-hybridized carbons (Fsp3) is 0.846. The fourth-order valence-electron chi connectivity index (χ4n) is 2.89. The molecule has 2 heterocycles. The number of hydrogen-bond donors (Lipinski definition) is 2. The van der Waals surface area contributed by atoms with Crippen molar-refractivity contribution >= 4 is 11.9 Å². The smallest absolute Gasteiger partial charge is 0.326 e. The molecule has 2 saturated heterocycles. The van der Waals surface area contributed by atoms with Crippen LogP contribution >= 0.6 is 0 Å². The van der Waals surface area contributed by atoms with Gasteiger partial charge in [0, 0.05) is 6.54 Å². The number of amides is 1. The second-order valence-electron chi connectivity index (χ2n) is 5.24. The van der Waals surface area contributed by atoms with Crippen LogP contribution in [0.3, 0.4) is 0 Å². The molecule has 102 valence electrons. The Bertz CT molecular complexity index is 313. The van der Waals surface area contributed by atoms with E-state index in [0.717, 1.165) is 45.1 Å². The summed E-state index contributed by atoms with van der Waals surface area (Å²) in [6.07, 6.45) is 6.42. The van der Waals surface area contributed by atoms with Crippen LogP contribution in [0.1, 0.15) is 44.9 Å². The van der Waals surface area contributed by atoms with Gasteiger partial charge in [0.25, 0.3) is 0 Å². The van der Waals surface area contributed by atoms with E-state index in [9.17, 15) is 14.7 Å². The van der Waals surface area contributed by atoms with Gasteiger partial charge in [-0.15, -0.1) is 0 Å². The number of carbonyl (C=O) groups is 2. The minimum absolute atomic E-state index is 0.0102. The second kappa shape index (κ2) is 6.18. The zero-order valence-corrected chi connectivity index (χ0v) is 10.7. The molecule has 5 heteroatoms. The van der Waals surface area contributed by atoms with Gasteiger partial charge in [-0.3, -0.25) is 4.79 Å². The molecule has 2 rings (SSSR count). The molecule has 2 atom stereocenters. The number of rotatable bonds is 2. The Labute approximate surface area is 108 Å². The first-order chi connectivity index (χ1) is 8.70. The average molecular weight is 254 g/mol. The van der Waals surface area contributed by atoms with E-state index >= 15 is 0 Å². The lowest BCUT2D eigenvalue weighted by atomic mass is 10.0. The zero-order valence-electron chi connectivity index (χ0n) is 10.7. The van der Waals surface area contributed by atoms with E-state index in [1.54, 1.807) is 4.90 Å². The van der Waals surface area contributed by atoms with Gasteiger partial charge in [-0.05, 0) is 32.2 Å². The normalized spacial score (nSPS) is 29.7. The van der Waals surface area contributed by atoms with Gasteiger partial charge >= 0.3 is 5.97 Å². The van der Waals surface area contributed by atoms with E-state index < -0.39 is 12.0 Å². The van der Waals surface area contributed by atoms with E-state index in [4.69, 9.17) is 0 Å². The van der Waals surface area contributed by atoms with Crippen LogP contribution < -0.4 is 5.32 Å². The number of nitrogens with zero attached hydrogens (tertiary/aromatic N) is 1. The van der Waals surface area contributed by atoms with E-state index in [0.29, 0.717) is 13.0 Å². The molecule has 2 N–H and O–H groups in total. The maximum atomic E-state index is 12.4. The van der Waals surface area contributed by atoms with Crippen molar-refractivity contribution in [3.63, 3.8) is 0 Å². The summed E-state index contributed by atoms with van der Waals surface area (Å²) in [6.45, 7) is 1.45. The molecular formula is C13H22N2O3. The first kappa shape index (κ1) is 13.3. The van der Waals surface area contributed by atoms with Crippen LogP contribution in [0.5, 0.6) is 0 Å². The number of likely N-dealkylation sites (tertiary alicyclic amines) is 1. The lowest BCUT2D eigenvalue weighted by molar-refractivity contribution is -0.151. The average Bonchev–Trinajstić information content (AvgIpc) is 2.64. The van der Waals surface area contributed by atoms with Crippen molar-refractivity contribution in [1.29, 1.82) is 0 Å². The van der Waals surface area contributed by atoms with Gasteiger partial charge in [0.1, 0.15) is 6.04 Å². The summed E-state index contributed by atoms with van der Waals surface area (Å²) in [5.41, 5.74) is 0. The van der Waals surface area contributed by atoms with Crippen LogP contribution in [0, 0.1) is 0 Å². The highest BCUT2D eigenvalue weighted by Gasteiger charge is 2.34. The molecule has 2 aliphatic rings. The molecule has 0 bridgehead atoms. The predicted octanol–water partition coefficient (Wildman–Crippen LogP) is 0.984. The number of piperidine rings is 1. The van der Waals surface area contributed by atoms with Crippen LogP contribution in [0.25, 0.3) is 0 Å². The van der Waals surface area contributed by atoms with Crippen molar-refractivity contribution in [3.8, 4) is 0 Å². The number of aliphatic carboxylic acids is 1.